The van der Waals surface area contributed by atoms with Gasteiger partial charge in [-0.05, 0) is 31.6 Å². The highest BCUT2D eigenvalue weighted by Crippen LogP contribution is 2.13. The summed E-state index contributed by atoms with van der Waals surface area (Å²) < 4.78 is 0. The summed E-state index contributed by atoms with van der Waals surface area (Å²) in [6.45, 7) is 6.71. The predicted octanol–water partition coefficient (Wildman–Crippen LogP) is 3.50. The van der Waals surface area contributed by atoms with E-state index in [-0.39, 0.29) is 0 Å². The molecule has 5 heteroatoms. The van der Waals surface area contributed by atoms with Gasteiger partial charge in [0.2, 0.25) is 0 Å². The third-order valence-corrected chi connectivity index (χ3v) is 3.46. The Kier molecular flexibility index (Phi) is 5.53. The summed E-state index contributed by atoms with van der Waals surface area (Å²) in [5.74, 6) is 1.42. The summed E-state index contributed by atoms with van der Waals surface area (Å²) in [6.07, 6.45) is 0. The van der Waals surface area contributed by atoms with Gasteiger partial charge in [-0.1, -0.05) is 42.8 Å². The maximum Gasteiger partial charge on any atom is 0.134 e. The van der Waals surface area contributed by atoms with Crippen LogP contribution in [0.4, 0.5) is 5.82 Å². The van der Waals surface area contributed by atoms with E-state index in [1.54, 1.807) is 6.07 Å². The smallest absolute Gasteiger partial charge is 0.134 e. The molecule has 0 unspecified atom stereocenters. The fourth-order valence-corrected chi connectivity index (χ4v) is 2.30. The van der Waals surface area contributed by atoms with Gasteiger partial charge in [0.1, 0.15) is 16.8 Å². The fourth-order valence-electron chi connectivity index (χ4n) is 2.08. The summed E-state index contributed by atoms with van der Waals surface area (Å²) in [5.41, 5.74) is 2.54. The van der Waals surface area contributed by atoms with Crippen LogP contribution in [-0.4, -0.2) is 28.5 Å². The average molecular weight is 305 g/mol. The normalized spacial score (nSPS) is 10.9. The van der Waals surface area contributed by atoms with Crippen LogP contribution in [0.1, 0.15) is 23.9 Å². The van der Waals surface area contributed by atoms with Crippen LogP contribution in [0.3, 0.4) is 0 Å². The van der Waals surface area contributed by atoms with Gasteiger partial charge in [0.05, 0.1) is 0 Å². The van der Waals surface area contributed by atoms with Gasteiger partial charge >= 0.3 is 0 Å². The van der Waals surface area contributed by atoms with Crippen molar-refractivity contribution in [2.75, 3.05) is 18.9 Å². The molecular weight excluding hydrogens is 284 g/mol. The molecule has 0 atom stereocenters. The molecule has 0 radical (unpaired) electrons. The van der Waals surface area contributed by atoms with Crippen LogP contribution < -0.4 is 5.32 Å². The molecule has 0 aliphatic carbocycles. The molecule has 2 aromatic rings. The molecule has 0 fully saturated rings. The summed E-state index contributed by atoms with van der Waals surface area (Å²) in [5, 5.41) is 3.75. The average Bonchev–Trinajstić information content (AvgIpc) is 2.44. The Hall–Kier alpha value is -1.65. The molecule has 0 spiro atoms. The Balaban J connectivity index is 2.01. The van der Waals surface area contributed by atoms with Crippen molar-refractivity contribution < 1.29 is 0 Å². The van der Waals surface area contributed by atoms with Crippen molar-refractivity contribution >= 4 is 17.4 Å². The van der Waals surface area contributed by atoms with E-state index in [2.05, 4.69) is 58.4 Å². The van der Waals surface area contributed by atoms with E-state index < -0.39 is 0 Å². The van der Waals surface area contributed by atoms with E-state index >= 15 is 0 Å². The Bertz CT molecular complexity index is 580. The zero-order chi connectivity index (χ0) is 15.2. The second-order valence-electron chi connectivity index (χ2n) is 5.13. The number of nitrogens with one attached hydrogen (secondary N) is 1. The van der Waals surface area contributed by atoms with E-state index in [0.29, 0.717) is 11.0 Å². The lowest BCUT2D eigenvalue weighted by molar-refractivity contribution is 0.345. The zero-order valence-corrected chi connectivity index (χ0v) is 13.5. The van der Waals surface area contributed by atoms with E-state index in [1.807, 2.05) is 6.92 Å². The van der Waals surface area contributed by atoms with Crippen LogP contribution in [0.15, 0.2) is 30.3 Å². The van der Waals surface area contributed by atoms with E-state index in [4.69, 9.17) is 11.6 Å². The highest BCUT2D eigenvalue weighted by atomic mass is 35.5. The van der Waals surface area contributed by atoms with Crippen molar-refractivity contribution in [1.29, 1.82) is 0 Å². The first-order valence-electron chi connectivity index (χ1n) is 7.08. The molecule has 2 rings (SSSR count). The van der Waals surface area contributed by atoms with Crippen molar-refractivity contribution in [3.05, 3.63) is 52.4 Å². The van der Waals surface area contributed by atoms with Gasteiger partial charge in [0.25, 0.3) is 0 Å². The third-order valence-electron chi connectivity index (χ3n) is 3.26. The molecule has 1 N–H and O–H groups in total. The number of anilines is 1. The number of hydrogen-bond acceptors (Lipinski definition) is 4. The van der Waals surface area contributed by atoms with Crippen molar-refractivity contribution in [3.63, 3.8) is 0 Å². The number of halogens is 1. The molecule has 112 valence electrons. The SMILES string of the molecule is CCN(C)Cc1cccc(CNc2cc(Cl)nc(C)n2)c1. The molecule has 1 heterocycles. The maximum atomic E-state index is 5.93. The standard InChI is InChI=1S/C16H21ClN4/c1-4-21(3)11-14-7-5-6-13(8-14)10-18-16-9-15(17)19-12(2)20-16/h5-9H,4,10-11H2,1-3H3,(H,18,19,20). The maximum absolute atomic E-state index is 5.93. The fraction of sp³-hybridized carbons (Fsp3) is 0.375. The Morgan fingerprint density at radius 2 is 1.95 bits per heavy atom. The van der Waals surface area contributed by atoms with Gasteiger partial charge in [-0.3, -0.25) is 0 Å². The molecule has 0 amide bonds. The minimum atomic E-state index is 0.461. The van der Waals surface area contributed by atoms with Crippen LogP contribution >= 0.6 is 11.6 Å². The molecule has 0 bridgehead atoms. The van der Waals surface area contributed by atoms with Crippen molar-refractivity contribution in [1.82, 2.24) is 14.9 Å². The summed E-state index contributed by atoms with van der Waals surface area (Å²) in [4.78, 5) is 10.7. The van der Waals surface area contributed by atoms with Gasteiger partial charge in [-0.2, -0.15) is 0 Å². The molecule has 1 aromatic carbocycles. The molecule has 0 aliphatic rings. The minimum Gasteiger partial charge on any atom is -0.366 e. The first kappa shape index (κ1) is 15.7. The molecule has 1 aromatic heterocycles. The van der Waals surface area contributed by atoms with Crippen LogP contribution in [0.2, 0.25) is 5.15 Å². The van der Waals surface area contributed by atoms with Crippen LogP contribution in [0, 0.1) is 6.92 Å². The lowest BCUT2D eigenvalue weighted by Gasteiger charge is -2.14. The minimum absolute atomic E-state index is 0.461. The van der Waals surface area contributed by atoms with Crippen molar-refractivity contribution in [2.24, 2.45) is 0 Å². The Morgan fingerprint density at radius 3 is 2.67 bits per heavy atom. The highest BCUT2D eigenvalue weighted by molar-refractivity contribution is 6.29. The number of benzene rings is 1. The summed E-state index contributed by atoms with van der Waals surface area (Å²) >= 11 is 5.93. The third kappa shape index (κ3) is 4.99. The van der Waals surface area contributed by atoms with Crippen LogP contribution in [-0.2, 0) is 13.1 Å². The first-order chi connectivity index (χ1) is 10.1. The quantitative estimate of drug-likeness (QED) is 0.829. The number of aromatic nitrogens is 2. The molecule has 0 saturated carbocycles. The molecule has 0 aliphatic heterocycles. The number of hydrogen-bond donors (Lipinski definition) is 1. The van der Waals surface area contributed by atoms with E-state index in [0.717, 1.165) is 25.5 Å². The van der Waals surface area contributed by atoms with Crippen molar-refractivity contribution in [3.8, 4) is 0 Å². The Labute approximate surface area is 131 Å². The lowest BCUT2D eigenvalue weighted by Crippen LogP contribution is -2.16. The van der Waals surface area contributed by atoms with Crippen LogP contribution in [0.5, 0.6) is 0 Å². The van der Waals surface area contributed by atoms with Gasteiger partial charge < -0.3 is 10.2 Å². The predicted molar refractivity (Wildman–Crippen MR) is 87.6 cm³/mol. The van der Waals surface area contributed by atoms with E-state index in [9.17, 15) is 0 Å². The molecule has 0 saturated heterocycles. The van der Waals surface area contributed by atoms with Crippen LogP contribution in [0.25, 0.3) is 0 Å². The van der Waals surface area contributed by atoms with E-state index in [1.165, 1.54) is 11.1 Å². The number of rotatable bonds is 6. The monoisotopic (exact) mass is 304 g/mol. The number of nitrogens with zero attached hydrogens (tertiary/aromatic N) is 3. The number of aryl methyl sites for hydroxylation is 1. The highest BCUT2D eigenvalue weighted by Gasteiger charge is 2.02. The molecule has 21 heavy (non-hydrogen) atoms. The Morgan fingerprint density at radius 1 is 1.19 bits per heavy atom. The molecule has 4 nitrogen and oxygen atoms in total. The first-order valence-corrected chi connectivity index (χ1v) is 7.46. The second kappa shape index (κ2) is 7.38. The topological polar surface area (TPSA) is 41.0 Å². The van der Waals surface area contributed by atoms with Crippen molar-refractivity contribution in [2.45, 2.75) is 26.9 Å². The summed E-state index contributed by atoms with van der Waals surface area (Å²) in [7, 11) is 2.12. The van der Waals surface area contributed by atoms with Gasteiger partial charge in [0, 0.05) is 19.2 Å². The molecular formula is C16H21ClN4. The second-order valence-corrected chi connectivity index (χ2v) is 5.51. The summed E-state index contributed by atoms with van der Waals surface area (Å²) in [6, 6.07) is 10.3. The van der Waals surface area contributed by atoms with Gasteiger partial charge in [-0.15, -0.1) is 0 Å². The van der Waals surface area contributed by atoms with Gasteiger partial charge in [0.15, 0.2) is 0 Å². The lowest BCUT2D eigenvalue weighted by atomic mass is 10.1. The van der Waals surface area contributed by atoms with Gasteiger partial charge in [-0.25, -0.2) is 9.97 Å². The zero-order valence-electron chi connectivity index (χ0n) is 12.7. The largest absolute Gasteiger partial charge is 0.366 e.